The molecule has 0 amide bonds. The molecular formula is C18H23NO2. The Bertz CT molecular complexity index is 642. The number of fused-ring (bicyclic) bond motifs is 1. The Morgan fingerprint density at radius 1 is 1.29 bits per heavy atom. The highest BCUT2D eigenvalue weighted by Gasteiger charge is 2.32. The van der Waals surface area contributed by atoms with Gasteiger partial charge in [0.1, 0.15) is 11.5 Å². The van der Waals surface area contributed by atoms with Crippen LogP contribution in [-0.4, -0.2) is 13.7 Å². The quantitative estimate of drug-likeness (QED) is 0.927. The number of nitrogens with one attached hydrogen (secondary N) is 1. The fourth-order valence-corrected chi connectivity index (χ4v) is 3.11. The van der Waals surface area contributed by atoms with Gasteiger partial charge < -0.3 is 14.5 Å². The Morgan fingerprint density at radius 3 is 2.81 bits per heavy atom. The molecule has 1 aliphatic rings. The van der Waals surface area contributed by atoms with Crippen LogP contribution < -0.4 is 10.1 Å². The Balaban J connectivity index is 2.03. The summed E-state index contributed by atoms with van der Waals surface area (Å²) in [5, 5.41) is 3.41. The molecule has 1 N–H and O–H groups in total. The molecule has 112 valence electrons. The van der Waals surface area contributed by atoms with Crippen molar-refractivity contribution in [1.82, 2.24) is 5.32 Å². The van der Waals surface area contributed by atoms with Crippen molar-refractivity contribution < 1.29 is 9.15 Å². The van der Waals surface area contributed by atoms with Gasteiger partial charge in [-0.25, -0.2) is 0 Å². The van der Waals surface area contributed by atoms with Crippen molar-refractivity contribution in [2.24, 2.45) is 0 Å². The van der Waals surface area contributed by atoms with E-state index in [1.165, 1.54) is 16.7 Å². The van der Waals surface area contributed by atoms with E-state index in [2.05, 4.69) is 50.4 Å². The van der Waals surface area contributed by atoms with E-state index in [0.717, 1.165) is 24.5 Å². The molecular weight excluding hydrogens is 262 g/mol. The highest BCUT2D eigenvalue weighted by Crippen LogP contribution is 2.40. The molecule has 3 heteroatoms. The van der Waals surface area contributed by atoms with Crippen LogP contribution in [0.2, 0.25) is 0 Å². The molecule has 0 radical (unpaired) electrons. The van der Waals surface area contributed by atoms with Crippen LogP contribution in [0.5, 0.6) is 5.75 Å². The topological polar surface area (TPSA) is 34.4 Å². The monoisotopic (exact) mass is 285 g/mol. The number of ether oxygens (including phenoxy) is 1. The van der Waals surface area contributed by atoms with Crippen LogP contribution >= 0.6 is 0 Å². The molecule has 0 bridgehead atoms. The number of benzene rings is 1. The summed E-state index contributed by atoms with van der Waals surface area (Å²) >= 11 is 0. The van der Waals surface area contributed by atoms with Gasteiger partial charge in [-0.2, -0.15) is 0 Å². The molecule has 2 heterocycles. The van der Waals surface area contributed by atoms with Crippen LogP contribution in [0.15, 0.2) is 34.9 Å². The lowest BCUT2D eigenvalue weighted by atomic mass is 9.84. The third kappa shape index (κ3) is 2.36. The van der Waals surface area contributed by atoms with Gasteiger partial charge in [0.2, 0.25) is 0 Å². The second kappa shape index (κ2) is 5.23. The average molecular weight is 285 g/mol. The maximum atomic E-state index is 5.78. The van der Waals surface area contributed by atoms with Crippen LogP contribution in [0.1, 0.15) is 49.3 Å². The Hall–Kier alpha value is -1.74. The summed E-state index contributed by atoms with van der Waals surface area (Å²) in [4.78, 5) is 0. The summed E-state index contributed by atoms with van der Waals surface area (Å²) in [6, 6.07) is 8.73. The fraction of sp³-hybridized carbons (Fsp3) is 0.444. The molecule has 0 saturated carbocycles. The molecule has 0 spiro atoms. The number of hydrogen-bond acceptors (Lipinski definition) is 3. The number of rotatable bonds is 4. The summed E-state index contributed by atoms with van der Waals surface area (Å²) in [6.45, 7) is 7.33. The van der Waals surface area contributed by atoms with Crippen molar-refractivity contribution in [3.05, 3.63) is 53.0 Å². The zero-order valence-corrected chi connectivity index (χ0v) is 13.2. The zero-order valence-electron chi connectivity index (χ0n) is 13.2. The Labute approximate surface area is 126 Å². The van der Waals surface area contributed by atoms with Crippen molar-refractivity contribution in [1.29, 1.82) is 0 Å². The lowest BCUT2D eigenvalue weighted by Gasteiger charge is -2.20. The van der Waals surface area contributed by atoms with Crippen molar-refractivity contribution in [2.75, 3.05) is 13.7 Å². The molecule has 0 fully saturated rings. The Morgan fingerprint density at radius 2 is 2.10 bits per heavy atom. The second-order valence-electron chi connectivity index (χ2n) is 6.30. The molecule has 3 nitrogen and oxygen atoms in total. The molecule has 1 unspecified atom stereocenters. The standard InChI is InChI=1S/C18H23NO2/c1-5-15-13(8-9-20-15)17(19-4)12-6-7-16-14(10-12)18(2,3)11-21-16/h6-10,17,19H,5,11H2,1-4H3. The van der Waals surface area contributed by atoms with Crippen LogP contribution in [-0.2, 0) is 11.8 Å². The van der Waals surface area contributed by atoms with E-state index in [-0.39, 0.29) is 11.5 Å². The summed E-state index contributed by atoms with van der Waals surface area (Å²) < 4.78 is 11.4. The fourth-order valence-electron chi connectivity index (χ4n) is 3.11. The van der Waals surface area contributed by atoms with Gasteiger partial charge in [-0.05, 0) is 30.8 Å². The molecule has 3 rings (SSSR count). The number of aryl methyl sites for hydroxylation is 1. The largest absolute Gasteiger partial charge is 0.492 e. The maximum absolute atomic E-state index is 5.78. The first-order valence-electron chi connectivity index (χ1n) is 7.57. The van der Waals surface area contributed by atoms with Crippen LogP contribution in [0, 0.1) is 0 Å². The van der Waals surface area contributed by atoms with E-state index >= 15 is 0 Å². The molecule has 1 aliphatic heterocycles. The molecule has 1 aromatic carbocycles. The van der Waals surface area contributed by atoms with Crippen LogP contribution in [0.3, 0.4) is 0 Å². The van der Waals surface area contributed by atoms with E-state index in [4.69, 9.17) is 9.15 Å². The highest BCUT2D eigenvalue weighted by molar-refractivity contribution is 5.47. The minimum absolute atomic E-state index is 0.0770. The van der Waals surface area contributed by atoms with E-state index < -0.39 is 0 Å². The normalized spacial score (nSPS) is 17.3. The lowest BCUT2D eigenvalue weighted by molar-refractivity contribution is 0.291. The number of hydrogen-bond donors (Lipinski definition) is 1. The minimum Gasteiger partial charge on any atom is -0.492 e. The third-order valence-corrected chi connectivity index (χ3v) is 4.36. The van der Waals surface area contributed by atoms with E-state index in [1.54, 1.807) is 6.26 Å². The van der Waals surface area contributed by atoms with Crippen molar-refractivity contribution in [2.45, 2.75) is 38.6 Å². The molecule has 0 saturated heterocycles. The van der Waals surface area contributed by atoms with Gasteiger partial charge in [0.15, 0.2) is 0 Å². The molecule has 2 aromatic rings. The summed E-state index contributed by atoms with van der Waals surface area (Å²) in [7, 11) is 1.99. The first kappa shape index (κ1) is 14.2. The van der Waals surface area contributed by atoms with Gasteiger partial charge in [-0.3, -0.25) is 0 Å². The van der Waals surface area contributed by atoms with Crippen molar-refractivity contribution >= 4 is 0 Å². The van der Waals surface area contributed by atoms with Gasteiger partial charge in [-0.1, -0.05) is 26.8 Å². The minimum atomic E-state index is 0.0770. The van der Waals surface area contributed by atoms with Crippen LogP contribution in [0.25, 0.3) is 0 Å². The van der Waals surface area contributed by atoms with Gasteiger partial charge in [0.25, 0.3) is 0 Å². The predicted octanol–water partition coefficient (Wildman–Crippen LogP) is 3.82. The van der Waals surface area contributed by atoms with E-state index in [9.17, 15) is 0 Å². The first-order valence-corrected chi connectivity index (χ1v) is 7.57. The SMILES string of the molecule is CCc1occc1C(NC)c1ccc2c(c1)C(C)(C)CO2. The Kier molecular flexibility index (Phi) is 3.54. The summed E-state index contributed by atoms with van der Waals surface area (Å²) in [5.74, 6) is 2.06. The predicted molar refractivity (Wildman–Crippen MR) is 84.0 cm³/mol. The molecule has 1 aromatic heterocycles. The van der Waals surface area contributed by atoms with Gasteiger partial charge in [0.05, 0.1) is 18.9 Å². The lowest BCUT2D eigenvalue weighted by Crippen LogP contribution is -2.21. The zero-order chi connectivity index (χ0) is 15.0. The van der Waals surface area contributed by atoms with Gasteiger partial charge in [-0.15, -0.1) is 0 Å². The third-order valence-electron chi connectivity index (χ3n) is 4.36. The highest BCUT2D eigenvalue weighted by atomic mass is 16.5. The van der Waals surface area contributed by atoms with Crippen molar-refractivity contribution in [3.63, 3.8) is 0 Å². The summed E-state index contributed by atoms with van der Waals surface area (Å²) in [6.07, 6.45) is 2.68. The van der Waals surface area contributed by atoms with Crippen LogP contribution in [0.4, 0.5) is 0 Å². The molecule has 21 heavy (non-hydrogen) atoms. The summed E-state index contributed by atoms with van der Waals surface area (Å²) in [5.41, 5.74) is 3.84. The first-order chi connectivity index (χ1) is 10.1. The second-order valence-corrected chi connectivity index (χ2v) is 6.30. The molecule has 0 aliphatic carbocycles. The van der Waals surface area contributed by atoms with Gasteiger partial charge in [0, 0.05) is 23.0 Å². The number of furan rings is 1. The maximum Gasteiger partial charge on any atom is 0.123 e. The van der Waals surface area contributed by atoms with E-state index in [0.29, 0.717) is 0 Å². The average Bonchev–Trinajstić information content (AvgIpc) is 3.05. The smallest absolute Gasteiger partial charge is 0.123 e. The van der Waals surface area contributed by atoms with Gasteiger partial charge >= 0.3 is 0 Å². The van der Waals surface area contributed by atoms with Crippen molar-refractivity contribution in [3.8, 4) is 5.75 Å². The van der Waals surface area contributed by atoms with E-state index in [1.807, 2.05) is 7.05 Å². The molecule has 1 atom stereocenters.